The SMILES string of the molecule is COc1cccc(-c2nc(Cn3c(=O)c4c(C)cc(C)nc4n(C)c3=O)c(C)o2)c1OC. The van der Waals surface area contributed by atoms with Gasteiger partial charge in [0.05, 0.1) is 31.7 Å². The second-order valence-corrected chi connectivity index (χ2v) is 7.58. The number of fused-ring (bicyclic) bond motifs is 1. The molecule has 0 fully saturated rings. The minimum Gasteiger partial charge on any atom is -0.493 e. The molecule has 0 aliphatic carbocycles. The molecule has 0 unspecified atom stereocenters. The van der Waals surface area contributed by atoms with Crippen molar-refractivity contribution in [3.63, 3.8) is 0 Å². The first kappa shape index (κ1) is 21.4. The number of oxazole rings is 1. The maximum atomic E-state index is 13.2. The first-order chi connectivity index (χ1) is 15.3. The van der Waals surface area contributed by atoms with Crippen molar-refractivity contribution in [1.82, 2.24) is 19.1 Å². The second-order valence-electron chi connectivity index (χ2n) is 7.58. The summed E-state index contributed by atoms with van der Waals surface area (Å²) in [7, 11) is 4.69. The van der Waals surface area contributed by atoms with Crippen molar-refractivity contribution < 1.29 is 13.9 Å². The van der Waals surface area contributed by atoms with Crippen molar-refractivity contribution in [2.45, 2.75) is 27.3 Å². The highest BCUT2D eigenvalue weighted by Crippen LogP contribution is 2.37. The van der Waals surface area contributed by atoms with E-state index < -0.39 is 11.2 Å². The lowest BCUT2D eigenvalue weighted by Crippen LogP contribution is -2.40. The van der Waals surface area contributed by atoms with E-state index in [-0.39, 0.29) is 6.54 Å². The van der Waals surface area contributed by atoms with Crippen LogP contribution in [0.2, 0.25) is 0 Å². The Bertz CT molecular complexity index is 1460. The second kappa shape index (κ2) is 7.99. The highest BCUT2D eigenvalue weighted by Gasteiger charge is 2.21. The van der Waals surface area contributed by atoms with Gasteiger partial charge >= 0.3 is 5.69 Å². The van der Waals surface area contributed by atoms with Crippen molar-refractivity contribution in [2.75, 3.05) is 14.2 Å². The maximum Gasteiger partial charge on any atom is 0.332 e. The molecule has 4 aromatic rings. The third kappa shape index (κ3) is 3.35. The average molecular weight is 436 g/mol. The van der Waals surface area contributed by atoms with Gasteiger partial charge in [-0.1, -0.05) is 6.07 Å². The van der Waals surface area contributed by atoms with Crippen LogP contribution in [0.4, 0.5) is 0 Å². The van der Waals surface area contributed by atoms with E-state index in [1.54, 1.807) is 39.3 Å². The van der Waals surface area contributed by atoms with Gasteiger partial charge in [-0.3, -0.25) is 13.9 Å². The summed E-state index contributed by atoms with van der Waals surface area (Å²) in [5.74, 6) is 1.84. The van der Waals surface area contributed by atoms with Gasteiger partial charge in [0, 0.05) is 12.7 Å². The Morgan fingerprint density at radius 3 is 2.50 bits per heavy atom. The van der Waals surface area contributed by atoms with Gasteiger partial charge in [-0.15, -0.1) is 0 Å². The summed E-state index contributed by atoms with van der Waals surface area (Å²) in [6, 6.07) is 7.20. The highest BCUT2D eigenvalue weighted by molar-refractivity contribution is 5.78. The lowest BCUT2D eigenvalue weighted by molar-refractivity contribution is 0.355. The van der Waals surface area contributed by atoms with E-state index in [9.17, 15) is 9.59 Å². The molecule has 0 amide bonds. The van der Waals surface area contributed by atoms with Gasteiger partial charge in [-0.2, -0.15) is 0 Å². The summed E-state index contributed by atoms with van der Waals surface area (Å²) in [4.78, 5) is 35.2. The number of benzene rings is 1. The zero-order chi connectivity index (χ0) is 23.2. The van der Waals surface area contributed by atoms with Crippen LogP contribution in [-0.4, -0.2) is 33.3 Å². The molecule has 166 valence electrons. The monoisotopic (exact) mass is 436 g/mol. The summed E-state index contributed by atoms with van der Waals surface area (Å²) < 4.78 is 19.2. The van der Waals surface area contributed by atoms with Gasteiger partial charge in [0.2, 0.25) is 5.89 Å². The van der Waals surface area contributed by atoms with Crippen LogP contribution in [-0.2, 0) is 13.6 Å². The molecule has 0 aliphatic heterocycles. The van der Waals surface area contributed by atoms with Gasteiger partial charge in [-0.05, 0) is 44.5 Å². The summed E-state index contributed by atoms with van der Waals surface area (Å²) in [5.41, 5.74) is 2.08. The van der Waals surface area contributed by atoms with Crippen LogP contribution in [0.5, 0.6) is 11.5 Å². The topological polar surface area (TPSA) is 101 Å². The van der Waals surface area contributed by atoms with Gasteiger partial charge in [0.15, 0.2) is 11.5 Å². The molecule has 0 bridgehead atoms. The van der Waals surface area contributed by atoms with Crippen LogP contribution >= 0.6 is 0 Å². The predicted molar refractivity (Wildman–Crippen MR) is 120 cm³/mol. The van der Waals surface area contributed by atoms with Gasteiger partial charge in [0.1, 0.15) is 17.1 Å². The minimum atomic E-state index is -0.470. The molecule has 0 saturated heterocycles. The van der Waals surface area contributed by atoms with Crippen molar-refractivity contribution in [1.29, 1.82) is 0 Å². The van der Waals surface area contributed by atoms with E-state index in [0.29, 0.717) is 45.4 Å². The molecule has 3 aromatic heterocycles. The fourth-order valence-corrected chi connectivity index (χ4v) is 3.85. The molecule has 0 radical (unpaired) electrons. The number of ether oxygens (including phenoxy) is 2. The average Bonchev–Trinajstić information content (AvgIpc) is 3.13. The van der Waals surface area contributed by atoms with Crippen molar-refractivity contribution in [3.8, 4) is 23.0 Å². The van der Waals surface area contributed by atoms with E-state index >= 15 is 0 Å². The van der Waals surface area contributed by atoms with E-state index in [4.69, 9.17) is 13.9 Å². The number of aromatic nitrogens is 4. The molecule has 32 heavy (non-hydrogen) atoms. The first-order valence-corrected chi connectivity index (χ1v) is 10.0. The van der Waals surface area contributed by atoms with E-state index in [0.717, 1.165) is 15.8 Å². The smallest absolute Gasteiger partial charge is 0.332 e. The summed E-state index contributed by atoms with van der Waals surface area (Å²) in [6.07, 6.45) is 0. The number of hydrogen-bond donors (Lipinski definition) is 0. The molecule has 1 aromatic carbocycles. The third-order valence-corrected chi connectivity index (χ3v) is 5.45. The Labute approximate surface area is 183 Å². The van der Waals surface area contributed by atoms with E-state index in [1.165, 1.54) is 11.7 Å². The van der Waals surface area contributed by atoms with E-state index in [2.05, 4.69) is 9.97 Å². The van der Waals surface area contributed by atoms with Crippen LogP contribution in [0.1, 0.15) is 22.7 Å². The molecule has 0 aliphatic rings. The van der Waals surface area contributed by atoms with Gasteiger partial charge in [-0.25, -0.2) is 14.8 Å². The predicted octanol–water partition coefficient (Wildman–Crippen LogP) is 2.74. The van der Waals surface area contributed by atoms with Crippen molar-refractivity contribution >= 4 is 11.0 Å². The molecule has 0 N–H and O–H groups in total. The molecule has 0 saturated carbocycles. The Hall–Kier alpha value is -3.88. The number of rotatable bonds is 5. The number of hydrogen-bond acceptors (Lipinski definition) is 7. The molecule has 3 heterocycles. The number of aryl methyl sites for hydroxylation is 4. The van der Waals surface area contributed by atoms with Gasteiger partial charge < -0.3 is 13.9 Å². The molecule has 0 spiro atoms. The molecule has 9 heteroatoms. The quantitative estimate of drug-likeness (QED) is 0.474. The molecule has 9 nitrogen and oxygen atoms in total. The Balaban J connectivity index is 1.85. The van der Waals surface area contributed by atoms with E-state index in [1.807, 2.05) is 19.9 Å². The lowest BCUT2D eigenvalue weighted by atomic mass is 10.1. The Morgan fingerprint density at radius 1 is 1.06 bits per heavy atom. The van der Waals surface area contributed by atoms with Crippen LogP contribution in [0.3, 0.4) is 0 Å². The lowest BCUT2D eigenvalue weighted by Gasteiger charge is -2.11. The normalized spacial score (nSPS) is 11.2. The molecule has 4 rings (SSSR count). The maximum absolute atomic E-state index is 13.2. The van der Waals surface area contributed by atoms with Crippen LogP contribution in [0.15, 0.2) is 38.3 Å². The molecular formula is C23H24N4O5. The minimum absolute atomic E-state index is 0.0314. The highest BCUT2D eigenvalue weighted by atomic mass is 16.5. The zero-order valence-electron chi connectivity index (χ0n) is 18.8. The van der Waals surface area contributed by atoms with Crippen LogP contribution in [0.25, 0.3) is 22.5 Å². The van der Waals surface area contributed by atoms with Crippen LogP contribution < -0.4 is 20.7 Å². The largest absolute Gasteiger partial charge is 0.493 e. The number of methoxy groups -OCH3 is 2. The fourth-order valence-electron chi connectivity index (χ4n) is 3.85. The number of nitrogens with zero attached hydrogens (tertiary/aromatic N) is 4. The third-order valence-electron chi connectivity index (χ3n) is 5.45. The summed E-state index contributed by atoms with van der Waals surface area (Å²) in [5, 5.41) is 0.411. The Kier molecular flexibility index (Phi) is 5.33. The molecule has 0 atom stereocenters. The summed E-state index contributed by atoms with van der Waals surface area (Å²) >= 11 is 0. The molecular weight excluding hydrogens is 412 g/mol. The van der Waals surface area contributed by atoms with Crippen molar-refractivity contribution in [2.24, 2.45) is 7.05 Å². The summed E-state index contributed by atoms with van der Waals surface area (Å²) in [6.45, 7) is 5.37. The van der Waals surface area contributed by atoms with Gasteiger partial charge in [0.25, 0.3) is 5.56 Å². The zero-order valence-corrected chi connectivity index (χ0v) is 18.8. The Morgan fingerprint density at radius 2 is 1.81 bits per heavy atom. The number of para-hydroxylation sites is 1. The fraction of sp³-hybridized carbons (Fsp3) is 0.304. The van der Waals surface area contributed by atoms with Crippen LogP contribution in [0, 0.1) is 20.8 Å². The first-order valence-electron chi connectivity index (χ1n) is 10.0. The standard InChI is InChI=1S/C23H24N4O5/c1-12-10-13(2)24-20-18(12)22(28)27(23(29)26(20)4)11-16-14(3)32-21(25-16)15-8-7-9-17(30-5)19(15)31-6/h7-10H,11H2,1-6H3. The van der Waals surface area contributed by atoms with Crippen molar-refractivity contribution in [3.05, 3.63) is 67.8 Å². The number of pyridine rings is 1.